The molecule has 6 nitrogen and oxygen atoms in total. The quantitative estimate of drug-likeness (QED) is 0.352. The van der Waals surface area contributed by atoms with Gasteiger partial charge >= 0.3 is 0 Å². The summed E-state index contributed by atoms with van der Waals surface area (Å²) < 4.78 is 0. The van der Waals surface area contributed by atoms with Gasteiger partial charge in [0, 0.05) is 12.1 Å². The van der Waals surface area contributed by atoms with Gasteiger partial charge in [0.1, 0.15) is 11.6 Å². The maximum Gasteiger partial charge on any atom is 0.269 e. The van der Waals surface area contributed by atoms with E-state index in [1.54, 1.807) is 6.07 Å². The summed E-state index contributed by atoms with van der Waals surface area (Å²) in [4.78, 5) is 20.6. The van der Waals surface area contributed by atoms with E-state index in [9.17, 15) is 14.9 Å². The number of nitriles is 1. The number of nitrogens with zero attached hydrogens (tertiary/aromatic N) is 2. The number of nitro groups is 1. The predicted octanol–water partition coefficient (Wildman–Crippen LogP) is 0.987. The number of carbonyl (C=O) groups is 1. The molecule has 0 saturated heterocycles. The summed E-state index contributed by atoms with van der Waals surface area (Å²) in [6.45, 7) is 0. The first kappa shape index (κ1) is 11.4. The summed E-state index contributed by atoms with van der Waals surface area (Å²) in [7, 11) is 0. The fourth-order valence-corrected chi connectivity index (χ4v) is 1.02. The molecule has 1 rings (SSSR count). The van der Waals surface area contributed by atoms with Crippen molar-refractivity contribution in [2.24, 2.45) is 5.73 Å². The Hall–Kier alpha value is -2.68. The van der Waals surface area contributed by atoms with Crippen LogP contribution in [0.5, 0.6) is 0 Å². The van der Waals surface area contributed by atoms with E-state index < -0.39 is 10.8 Å². The molecule has 0 unspecified atom stereocenters. The summed E-state index contributed by atoms with van der Waals surface area (Å²) in [6.07, 6.45) is 1.27. The number of benzene rings is 1. The Balaban J connectivity index is 3.04. The summed E-state index contributed by atoms with van der Waals surface area (Å²) in [5, 5.41) is 18.9. The van der Waals surface area contributed by atoms with Crippen molar-refractivity contribution in [1.82, 2.24) is 0 Å². The second-order valence-corrected chi connectivity index (χ2v) is 2.88. The second kappa shape index (κ2) is 4.70. The average Bonchev–Trinajstić information content (AvgIpc) is 2.26. The molecular formula is C10H7N3O3. The Labute approximate surface area is 90.7 Å². The number of carbonyl (C=O) groups excluding carboxylic acids is 1. The maximum atomic E-state index is 10.7. The van der Waals surface area contributed by atoms with Gasteiger partial charge < -0.3 is 5.73 Å². The largest absolute Gasteiger partial charge is 0.365 e. The lowest BCUT2D eigenvalue weighted by atomic mass is 10.1. The Morgan fingerprint density at radius 3 is 2.38 bits per heavy atom. The van der Waals surface area contributed by atoms with Crippen LogP contribution in [0.25, 0.3) is 6.08 Å². The van der Waals surface area contributed by atoms with Crippen molar-refractivity contribution in [2.75, 3.05) is 0 Å². The van der Waals surface area contributed by atoms with Gasteiger partial charge in [-0.1, -0.05) is 0 Å². The van der Waals surface area contributed by atoms with Crippen LogP contribution in [-0.4, -0.2) is 10.8 Å². The monoisotopic (exact) mass is 217 g/mol. The van der Waals surface area contributed by atoms with Gasteiger partial charge in [0.2, 0.25) is 0 Å². The van der Waals surface area contributed by atoms with Crippen LogP contribution in [0.15, 0.2) is 29.8 Å². The Kier molecular flexibility index (Phi) is 3.35. The number of nitrogens with two attached hydrogens (primary N) is 1. The standard InChI is InChI=1S/C10H7N3O3/c11-6-8(10(12)14)5-7-1-3-9(4-2-7)13(15)16/h1-5H,(H2,12,14)/b8-5+. The zero-order chi connectivity index (χ0) is 12.1. The lowest BCUT2D eigenvalue weighted by molar-refractivity contribution is -0.384. The van der Waals surface area contributed by atoms with Crippen molar-refractivity contribution in [2.45, 2.75) is 0 Å². The summed E-state index contributed by atoms with van der Waals surface area (Å²) >= 11 is 0. The molecule has 1 aromatic carbocycles. The van der Waals surface area contributed by atoms with Crippen LogP contribution in [0, 0.1) is 21.4 Å². The molecule has 2 N–H and O–H groups in total. The molecule has 80 valence electrons. The average molecular weight is 217 g/mol. The van der Waals surface area contributed by atoms with Crippen LogP contribution >= 0.6 is 0 Å². The molecule has 0 aromatic heterocycles. The van der Waals surface area contributed by atoms with Gasteiger partial charge in [0.05, 0.1) is 4.92 Å². The number of nitro benzene ring substituents is 1. The molecule has 0 heterocycles. The number of primary amides is 1. The first-order valence-electron chi connectivity index (χ1n) is 4.20. The molecule has 0 saturated carbocycles. The third kappa shape index (κ3) is 2.65. The maximum absolute atomic E-state index is 10.7. The molecule has 1 aromatic rings. The number of rotatable bonds is 3. The van der Waals surface area contributed by atoms with E-state index in [1.165, 1.54) is 30.3 Å². The van der Waals surface area contributed by atoms with Gasteiger partial charge in [-0.05, 0) is 23.8 Å². The molecule has 6 heteroatoms. The predicted molar refractivity (Wildman–Crippen MR) is 55.9 cm³/mol. The van der Waals surface area contributed by atoms with Gasteiger partial charge in [-0.3, -0.25) is 14.9 Å². The lowest BCUT2D eigenvalue weighted by Crippen LogP contribution is -2.12. The molecule has 0 aliphatic carbocycles. The van der Waals surface area contributed by atoms with Crippen molar-refractivity contribution >= 4 is 17.7 Å². The van der Waals surface area contributed by atoms with Crippen LogP contribution < -0.4 is 5.73 Å². The van der Waals surface area contributed by atoms with Crippen LogP contribution in [0.2, 0.25) is 0 Å². The molecule has 0 bridgehead atoms. The van der Waals surface area contributed by atoms with E-state index in [4.69, 9.17) is 11.0 Å². The highest BCUT2D eigenvalue weighted by molar-refractivity contribution is 6.00. The van der Waals surface area contributed by atoms with Gasteiger partial charge in [0.25, 0.3) is 11.6 Å². The van der Waals surface area contributed by atoms with E-state index >= 15 is 0 Å². The molecular weight excluding hydrogens is 210 g/mol. The van der Waals surface area contributed by atoms with Crippen molar-refractivity contribution < 1.29 is 9.72 Å². The van der Waals surface area contributed by atoms with E-state index in [-0.39, 0.29) is 11.3 Å². The Bertz CT molecular complexity index is 497. The van der Waals surface area contributed by atoms with Crippen LogP contribution in [0.3, 0.4) is 0 Å². The highest BCUT2D eigenvalue weighted by Crippen LogP contribution is 2.14. The molecule has 0 aliphatic rings. The Morgan fingerprint density at radius 1 is 1.44 bits per heavy atom. The van der Waals surface area contributed by atoms with E-state index in [2.05, 4.69) is 0 Å². The molecule has 0 radical (unpaired) electrons. The number of non-ortho nitro benzene ring substituents is 1. The highest BCUT2D eigenvalue weighted by Gasteiger charge is 2.05. The van der Waals surface area contributed by atoms with E-state index in [0.29, 0.717) is 5.56 Å². The van der Waals surface area contributed by atoms with E-state index in [1.807, 2.05) is 0 Å². The van der Waals surface area contributed by atoms with Crippen LogP contribution in [-0.2, 0) is 4.79 Å². The molecule has 1 amide bonds. The first-order chi connectivity index (χ1) is 7.54. The molecule has 0 fully saturated rings. The number of hydrogen-bond donors (Lipinski definition) is 1. The number of amides is 1. The van der Waals surface area contributed by atoms with Crippen molar-refractivity contribution in [1.29, 1.82) is 5.26 Å². The van der Waals surface area contributed by atoms with E-state index in [0.717, 1.165) is 0 Å². The highest BCUT2D eigenvalue weighted by atomic mass is 16.6. The third-order valence-corrected chi connectivity index (χ3v) is 1.80. The minimum atomic E-state index is -0.833. The van der Waals surface area contributed by atoms with Gasteiger partial charge in [-0.25, -0.2) is 0 Å². The molecule has 0 atom stereocenters. The zero-order valence-corrected chi connectivity index (χ0v) is 8.08. The summed E-state index contributed by atoms with van der Waals surface area (Å²) in [5.41, 5.74) is 5.18. The minimum Gasteiger partial charge on any atom is -0.365 e. The zero-order valence-electron chi connectivity index (χ0n) is 8.08. The summed E-state index contributed by atoms with van der Waals surface area (Å²) in [6, 6.07) is 7.06. The van der Waals surface area contributed by atoms with Gasteiger partial charge in [-0.15, -0.1) is 0 Å². The fraction of sp³-hybridized carbons (Fsp3) is 0. The molecule has 16 heavy (non-hydrogen) atoms. The second-order valence-electron chi connectivity index (χ2n) is 2.88. The third-order valence-electron chi connectivity index (χ3n) is 1.80. The SMILES string of the molecule is N#C/C(=C\c1ccc([N+](=O)[O-])cc1)C(N)=O. The number of hydrogen-bond acceptors (Lipinski definition) is 4. The van der Waals surface area contributed by atoms with Crippen LogP contribution in [0.1, 0.15) is 5.56 Å². The first-order valence-corrected chi connectivity index (χ1v) is 4.20. The fourth-order valence-electron chi connectivity index (χ4n) is 1.02. The van der Waals surface area contributed by atoms with Gasteiger partial charge in [-0.2, -0.15) is 5.26 Å². The Morgan fingerprint density at radius 2 is 2.00 bits per heavy atom. The van der Waals surface area contributed by atoms with Gasteiger partial charge in [0.15, 0.2) is 0 Å². The topological polar surface area (TPSA) is 110 Å². The molecule has 0 aliphatic heterocycles. The normalized spacial score (nSPS) is 10.6. The van der Waals surface area contributed by atoms with Crippen molar-refractivity contribution in [3.63, 3.8) is 0 Å². The smallest absolute Gasteiger partial charge is 0.269 e. The minimum absolute atomic E-state index is 0.0604. The van der Waals surface area contributed by atoms with Crippen LogP contribution in [0.4, 0.5) is 5.69 Å². The van der Waals surface area contributed by atoms with Crippen molar-refractivity contribution in [3.05, 3.63) is 45.5 Å². The molecule has 0 spiro atoms. The van der Waals surface area contributed by atoms with Crippen molar-refractivity contribution in [3.8, 4) is 6.07 Å². The lowest BCUT2D eigenvalue weighted by Gasteiger charge is -1.94. The summed E-state index contributed by atoms with van der Waals surface area (Å²) in [5.74, 6) is -0.833.